The maximum atomic E-state index is 12.9. The third-order valence-electron chi connectivity index (χ3n) is 4.00. The van der Waals surface area contributed by atoms with E-state index in [1.165, 1.54) is 40.9 Å². The SMILES string of the molecule is CCN(CC)S(=O)(=O)c1cc([N+](=O)[O-])ccc1NN=Cc1ccc(OC(F)F)cc1. The Hall–Kier alpha value is -3.12. The highest BCUT2D eigenvalue weighted by molar-refractivity contribution is 7.89. The molecule has 0 saturated heterocycles. The molecule has 0 heterocycles. The van der Waals surface area contributed by atoms with Crippen molar-refractivity contribution in [3.63, 3.8) is 0 Å². The van der Waals surface area contributed by atoms with Crippen LogP contribution in [-0.4, -0.2) is 43.6 Å². The van der Waals surface area contributed by atoms with E-state index in [1.54, 1.807) is 13.8 Å². The van der Waals surface area contributed by atoms with Crippen LogP contribution in [0.3, 0.4) is 0 Å². The second kappa shape index (κ2) is 10.1. The molecule has 1 N–H and O–H groups in total. The molecule has 2 aromatic carbocycles. The van der Waals surface area contributed by atoms with Gasteiger partial charge in [0.25, 0.3) is 5.69 Å². The van der Waals surface area contributed by atoms with E-state index in [4.69, 9.17) is 0 Å². The molecule has 0 atom stereocenters. The number of hydrogen-bond donors (Lipinski definition) is 1. The van der Waals surface area contributed by atoms with Gasteiger partial charge in [-0.3, -0.25) is 15.5 Å². The number of nitrogens with one attached hydrogen (secondary N) is 1. The second-order valence-corrected chi connectivity index (χ2v) is 7.75. The van der Waals surface area contributed by atoms with Gasteiger partial charge in [0, 0.05) is 25.2 Å². The van der Waals surface area contributed by atoms with Gasteiger partial charge in [-0.15, -0.1) is 0 Å². The molecule has 0 aromatic heterocycles. The number of rotatable bonds is 10. The van der Waals surface area contributed by atoms with Crippen molar-refractivity contribution in [3.8, 4) is 5.75 Å². The number of alkyl halides is 2. The summed E-state index contributed by atoms with van der Waals surface area (Å²) in [5, 5.41) is 15.0. The van der Waals surface area contributed by atoms with E-state index in [-0.39, 0.29) is 35.1 Å². The zero-order chi connectivity index (χ0) is 22.3. The first-order valence-corrected chi connectivity index (χ1v) is 10.3. The van der Waals surface area contributed by atoms with Gasteiger partial charge in [0.2, 0.25) is 10.0 Å². The molecule has 2 rings (SSSR count). The van der Waals surface area contributed by atoms with Crippen LogP contribution < -0.4 is 10.2 Å². The first-order chi connectivity index (χ1) is 14.2. The summed E-state index contributed by atoms with van der Waals surface area (Å²) < 4.78 is 55.5. The molecule has 0 aliphatic carbocycles. The minimum absolute atomic E-state index is 0.0157. The first-order valence-electron chi connectivity index (χ1n) is 8.81. The van der Waals surface area contributed by atoms with Gasteiger partial charge in [-0.1, -0.05) is 13.8 Å². The van der Waals surface area contributed by atoms with E-state index < -0.39 is 21.6 Å². The van der Waals surface area contributed by atoms with Gasteiger partial charge >= 0.3 is 6.61 Å². The maximum Gasteiger partial charge on any atom is 0.387 e. The first kappa shape index (κ1) is 23.2. The van der Waals surface area contributed by atoms with Crippen LogP contribution in [-0.2, 0) is 10.0 Å². The quantitative estimate of drug-likeness (QED) is 0.341. The third-order valence-corrected chi connectivity index (χ3v) is 6.09. The fraction of sp³-hybridized carbons (Fsp3) is 0.278. The van der Waals surface area contributed by atoms with Crippen molar-refractivity contribution in [2.45, 2.75) is 25.4 Å². The summed E-state index contributed by atoms with van der Waals surface area (Å²) >= 11 is 0. The topological polar surface area (TPSA) is 114 Å². The number of halogens is 2. The van der Waals surface area contributed by atoms with Gasteiger partial charge in [0.1, 0.15) is 10.6 Å². The lowest BCUT2D eigenvalue weighted by molar-refractivity contribution is -0.385. The lowest BCUT2D eigenvalue weighted by atomic mass is 10.2. The Morgan fingerprint density at radius 3 is 2.37 bits per heavy atom. The van der Waals surface area contributed by atoms with Gasteiger partial charge in [0.15, 0.2) is 0 Å². The van der Waals surface area contributed by atoms with E-state index >= 15 is 0 Å². The average Bonchev–Trinajstić information content (AvgIpc) is 2.69. The molecule has 162 valence electrons. The Kier molecular flexibility index (Phi) is 7.78. The minimum Gasteiger partial charge on any atom is -0.435 e. The number of ether oxygens (including phenoxy) is 1. The van der Waals surface area contributed by atoms with Gasteiger partial charge in [0.05, 0.1) is 16.8 Å². The molecule has 0 aliphatic rings. The molecule has 0 radical (unpaired) electrons. The van der Waals surface area contributed by atoms with Crippen LogP contribution in [0.4, 0.5) is 20.2 Å². The predicted molar refractivity (Wildman–Crippen MR) is 107 cm³/mol. The van der Waals surface area contributed by atoms with E-state index in [9.17, 15) is 27.3 Å². The van der Waals surface area contributed by atoms with Crippen molar-refractivity contribution in [1.82, 2.24) is 4.31 Å². The van der Waals surface area contributed by atoms with Crippen LogP contribution in [0.15, 0.2) is 52.5 Å². The lowest BCUT2D eigenvalue weighted by Crippen LogP contribution is -2.31. The predicted octanol–water partition coefficient (Wildman–Crippen LogP) is 3.67. The largest absolute Gasteiger partial charge is 0.435 e. The highest BCUT2D eigenvalue weighted by Gasteiger charge is 2.27. The number of nitro benzene ring substituents is 1. The zero-order valence-corrected chi connectivity index (χ0v) is 17.0. The summed E-state index contributed by atoms with van der Waals surface area (Å²) in [7, 11) is -4.00. The fourth-order valence-corrected chi connectivity index (χ4v) is 4.16. The standard InChI is InChI=1S/C18H20F2N4O5S/c1-3-23(4-2)30(27,28)17-11-14(24(25)26)7-10-16(17)22-21-12-13-5-8-15(9-6-13)29-18(19)20/h5-12,18,22H,3-4H2,1-2H3. The van der Waals surface area contributed by atoms with Crippen molar-refractivity contribution in [1.29, 1.82) is 0 Å². The molecule has 0 spiro atoms. The summed E-state index contributed by atoms with van der Waals surface area (Å²) in [4.78, 5) is 10.1. The molecule has 9 nitrogen and oxygen atoms in total. The van der Waals surface area contributed by atoms with Crippen molar-refractivity contribution in [2.24, 2.45) is 5.10 Å². The summed E-state index contributed by atoms with van der Waals surface area (Å²) in [6.45, 7) is 0.768. The van der Waals surface area contributed by atoms with Crippen molar-refractivity contribution in [3.05, 3.63) is 58.1 Å². The van der Waals surface area contributed by atoms with E-state index in [0.717, 1.165) is 12.1 Å². The van der Waals surface area contributed by atoms with Crippen LogP contribution >= 0.6 is 0 Å². The number of nitro groups is 1. The van der Waals surface area contributed by atoms with Crippen LogP contribution in [0.2, 0.25) is 0 Å². The summed E-state index contributed by atoms with van der Waals surface area (Å²) in [5.74, 6) is -0.0157. The summed E-state index contributed by atoms with van der Waals surface area (Å²) in [6.07, 6.45) is 1.33. The molecular formula is C18H20F2N4O5S. The van der Waals surface area contributed by atoms with Gasteiger partial charge < -0.3 is 4.74 Å². The Bertz CT molecular complexity index is 1010. The van der Waals surface area contributed by atoms with Gasteiger partial charge in [-0.25, -0.2) is 8.42 Å². The molecule has 0 amide bonds. The average molecular weight is 442 g/mol. The van der Waals surface area contributed by atoms with E-state index in [2.05, 4.69) is 15.3 Å². The fourth-order valence-electron chi connectivity index (χ4n) is 2.54. The van der Waals surface area contributed by atoms with Crippen molar-refractivity contribution in [2.75, 3.05) is 18.5 Å². The molecule has 0 bridgehead atoms. The van der Waals surface area contributed by atoms with Crippen molar-refractivity contribution < 1.29 is 26.9 Å². The Morgan fingerprint density at radius 1 is 1.20 bits per heavy atom. The Morgan fingerprint density at radius 2 is 1.83 bits per heavy atom. The van der Waals surface area contributed by atoms with E-state index in [0.29, 0.717) is 5.56 Å². The normalized spacial score (nSPS) is 11.9. The molecule has 0 unspecified atom stereocenters. The van der Waals surface area contributed by atoms with E-state index in [1.807, 2.05) is 0 Å². The zero-order valence-electron chi connectivity index (χ0n) is 16.2. The highest BCUT2D eigenvalue weighted by atomic mass is 32.2. The van der Waals surface area contributed by atoms with Crippen LogP contribution in [0, 0.1) is 10.1 Å². The molecular weight excluding hydrogens is 422 g/mol. The van der Waals surface area contributed by atoms with Gasteiger partial charge in [-0.2, -0.15) is 18.2 Å². The molecule has 0 aliphatic heterocycles. The smallest absolute Gasteiger partial charge is 0.387 e. The number of benzene rings is 2. The minimum atomic E-state index is -4.00. The number of hydrazone groups is 1. The molecule has 0 saturated carbocycles. The third kappa shape index (κ3) is 5.70. The Balaban J connectivity index is 2.30. The number of anilines is 1. The Labute approximate surface area is 172 Å². The monoisotopic (exact) mass is 442 g/mol. The summed E-state index contributed by atoms with van der Waals surface area (Å²) in [5.41, 5.74) is 2.79. The maximum absolute atomic E-state index is 12.9. The van der Waals surface area contributed by atoms with Gasteiger partial charge in [-0.05, 0) is 35.9 Å². The lowest BCUT2D eigenvalue weighted by Gasteiger charge is -2.20. The molecule has 0 fully saturated rings. The number of hydrogen-bond acceptors (Lipinski definition) is 7. The highest BCUT2D eigenvalue weighted by Crippen LogP contribution is 2.29. The van der Waals surface area contributed by atoms with Crippen LogP contribution in [0.5, 0.6) is 5.75 Å². The number of non-ortho nitro benzene ring substituents is 1. The van der Waals surface area contributed by atoms with Crippen LogP contribution in [0.25, 0.3) is 0 Å². The molecule has 30 heavy (non-hydrogen) atoms. The van der Waals surface area contributed by atoms with Crippen molar-refractivity contribution >= 4 is 27.6 Å². The number of sulfonamides is 1. The molecule has 2 aromatic rings. The van der Waals surface area contributed by atoms with Crippen LogP contribution in [0.1, 0.15) is 19.4 Å². The summed E-state index contributed by atoms with van der Waals surface area (Å²) in [6, 6.07) is 9.01. The number of nitrogens with zero attached hydrogens (tertiary/aromatic N) is 3. The molecule has 12 heteroatoms. The second-order valence-electron chi connectivity index (χ2n) is 5.84.